The van der Waals surface area contributed by atoms with Gasteiger partial charge >= 0.3 is 0 Å². The summed E-state index contributed by atoms with van der Waals surface area (Å²) in [5, 5.41) is 9.16. The Morgan fingerprint density at radius 3 is 2.58 bits per heavy atom. The summed E-state index contributed by atoms with van der Waals surface area (Å²) in [5.41, 5.74) is 1.24. The number of nitrogens with zero attached hydrogens (tertiary/aromatic N) is 1. The molecule has 0 radical (unpaired) electrons. The van der Waals surface area contributed by atoms with Crippen molar-refractivity contribution in [2.45, 2.75) is 24.8 Å². The zero-order chi connectivity index (χ0) is 14.5. The quantitative estimate of drug-likeness (QED) is 0.725. The maximum Gasteiger partial charge on any atom is 0.240 e. The molecule has 0 saturated carbocycles. The topological polar surface area (TPSA) is 69.6 Å². The minimum atomic E-state index is -3.50. The molecule has 0 aliphatic heterocycles. The highest BCUT2D eigenvalue weighted by atomic mass is 32.2. The van der Waals surface area contributed by atoms with E-state index >= 15 is 0 Å². The summed E-state index contributed by atoms with van der Waals surface area (Å²) in [4.78, 5) is 2.25. The van der Waals surface area contributed by atoms with Crippen LogP contribution in [0, 0.1) is 6.92 Å². The molecule has 19 heavy (non-hydrogen) atoms. The summed E-state index contributed by atoms with van der Waals surface area (Å²) in [6.07, 6.45) is 0.755. The minimum absolute atomic E-state index is 0.157. The monoisotopic (exact) mass is 286 g/mol. The fraction of sp³-hybridized carbons (Fsp3) is 0.538. The molecule has 0 saturated heterocycles. The third-order valence-electron chi connectivity index (χ3n) is 2.93. The number of sulfonamides is 1. The van der Waals surface area contributed by atoms with Gasteiger partial charge in [0.15, 0.2) is 0 Å². The van der Waals surface area contributed by atoms with Crippen LogP contribution in [0.4, 0.5) is 0 Å². The zero-order valence-electron chi connectivity index (χ0n) is 11.7. The highest BCUT2D eigenvalue weighted by Crippen LogP contribution is 2.18. The van der Waals surface area contributed by atoms with Gasteiger partial charge in [-0.15, -0.1) is 0 Å². The first-order valence-electron chi connectivity index (χ1n) is 6.22. The van der Waals surface area contributed by atoms with Gasteiger partial charge < -0.3 is 10.0 Å². The van der Waals surface area contributed by atoms with Crippen molar-refractivity contribution in [3.63, 3.8) is 0 Å². The molecule has 0 amide bonds. The van der Waals surface area contributed by atoms with Crippen LogP contribution in [0.25, 0.3) is 0 Å². The number of aliphatic hydroxyl groups is 1. The van der Waals surface area contributed by atoms with Crippen molar-refractivity contribution in [3.05, 3.63) is 29.3 Å². The van der Waals surface area contributed by atoms with E-state index in [1.165, 1.54) is 0 Å². The average molecular weight is 286 g/mol. The van der Waals surface area contributed by atoms with E-state index < -0.39 is 10.0 Å². The molecular weight excluding hydrogens is 264 g/mol. The van der Waals surface area contributed by atoms with E-state index in [1.807, 2.05) is 19.0 Å². The van der Waals surface area contributed by atoms with Crippen molar-refractivity contribution in [1.29, 1.82) is 0 Å². The number of hydrogen-bond acceptors (Lipinski definition) is 4. The molecule has 5 nitrogen and oxygen atoms in total. The molecule has 1 rings (SSSR count). The van der Waals surface area contributed by atoms with Crippen molar-refractivity contribution >= 4 is 10.0 Å². The molecule has 0 heterocycles. The fourth-order valence-electron chi connectivity index (χ4n) is 1.80. The summed E-state index contributed by atoms with van der Waals surface area (Å²) in [5.74, 6) is 0. The molecule has 0 fully saturated rings. The smallest absolute Gasteiger partial charge is 0.240 e. The van der Waals surface area contributed by atoms with Crippen LogP contribution in [0.5, 0.6) is 0 Å². The van der Waals surface area contributed by atoms with Crippen LogP contribution < -0.4 is 4.72 Å². The van der Waals surface area contributed by atoms with Crippen LogP contribution in [0.15, 0.2) is 23.1 Å². The molecule has 0 aliphatic carbocycles. The molecule has 0 atom stereocenters. The van der Waals surface area contributed by atoms with Gasteiger partial charge in [0.2, 0.25) is 10.0 Å². The van der Waals surface area contributed by atoms with Gasteiger partial charge in [0.25, 0.3) is 0 Å². The first-order valence-corrected chi connectivity index (χ1v) is 7.70. The molecule has 1 aromatic carbocycles. The number of aliphatic hydroxyl groups excluding tert-OH is 1. The molecule has 1 aromatic rings. The van der Waals surface area contributed by atoms with Gasteiger partial charge in [0.1, 0.15) is 0 Å². The predicted octanol–water partition coefficient (Wildman–Crippen LogP) is 0.717. The van der Waals surface area contributed by atoms with Crippen molar-refractivity contribution in [2.24, 2.45) is 0 Å². The van der Waals surface area contributed by atoms with E-state index in [9.17, 15) is 8.42 Å². The van der Waals surface area contributed by atoms with Gasteiger partial charge in [-0.25, -0.2) is 13.1 Å². The Morgan fingerprint density at radius 1 is 1.32 bits per heavy atom. The van der Waals surface area contributed by atoms with Crippen molar-refractivity contribution in [3.8, 4) is 0 Å². The second kappa shape index (κ2) is 7.00. The number of rotatable bonds is 7. The average Bonchev–Trinajstić information content (AvgIpc) is 2.34. The van der Waals surface area contributed by atoms with Gasteiger partial charge in [-0.1, -0.05) is 12.1 Å². The molecule has 0 aliphatic rings. The maximum absolute atomic E-state index is 12.2. The summed E-state index contributed by atoms with van der Waals surface area (Å²) in [6, 6.07) is 4.93. The third-order valence-corrected chi connectivity index (χ3v) is 4.54. The Bertz CT molecular complexity index is 513. The first-order chi connectivity index (χ1) is 8.88. The Hall–Kier alpha value is -0.950. The van der Waals surface area contributed by atoms with Crippen LogP contribution >= 0.6 is 0 Å². The van der Waals surface area contributed by atoms with Gasteiger partial charge in [0.05, 0.1) is 11.5 Å². The number of hydrogen-bond donors (Lipinski definition) is 2. The molecule has 0 unspecified atom stereocenters. The van der Waals surface area contributed by atoms with E-state index in [0.29, 0.717) is 17.7 Å². The van der Waals surface area contributed by atoms with E-state index in [-0.39, 0.29) is 11.5 Å². The molecule has 0 aromatic heterocycles. The van der Waals surface area contributed by atoms with E-state index in [0.717, 1.165) is 13.0 Å². The summed E-state index contributed by atoms with van der Waals surface area (Å²) in [6.45, 7) is 2.79. The second-order valence-electron chi connectivity index (χ2n) is 4.75. The molecule has 108 valence electrons. The Kier molecular flexibility index (Phi) is 5.93. The maximum atomic E-state index is 12.2. The number of nitrogens with one attached hydrogen (secondary N) is 1. The molecule has 0 bridgehead atoms. The highest BCUT2D eigenvalue weighted by Gasteiger charge is 2.17. The van der Waals surface area contributed by atoms with Crippen LogP contribution in [0.3, 0.4) is 0 Å². The Labute approximate surface area is 115 Å². The zero-order valence-corrected chi connectivity index (χ0v) is 12.5. The van der Waals surface area contributed by atoms with Crippen molar-refractivity contribution in [2.75, 3.05) is 27.2 Å². The van der Waals surface area contributed by atoms with Gasteiger partial charge in [-0.3, -0.25) is 0 Å². The van der Waals surface area contributed by atoms with Crippen LogP contribution in [0.2, 0.25) is 0 Å². The highest BCUT2D eigenvalue weighted by molar-refractivity contribution is 7.89. The van der Waals surface area contributed by atoms with E-state index in [4.69, 9.17) is 5.11 Å². The predicted molar refractivity (Wildman–Crippen MR) is 75.5 cm³/mol. The molecule has 0 spiro atoms. The Balaban J connectivity index is 2.78. The van der Waals surface area contributed by atoms with Crippen molar-refractivity contribution < 1.29 is 13.5 Å². The van der Waals surface area contributed by atoms with Crippen LogP contribution in [0.1, 0.15) is 17.5 Å². The largest absolute Gasteiger partial charge is 0.392 e. The second-order valence-corrected chi connectivity index (χ2v) is 6.49. The summed E-state index contributed by atoms with van der Waals surface area (Å²) >= 11 is 0. The van der Waals surface area contributed by atoms with E-state index in [2.05, 4.69) is 4.72 Å². The standard InChI is InChI=1S/C13H22N2O3S/c1-11-12(10-16)6-4-7-13(11)19(17,18)14-8-5-9-15(2)3/h4,6-7,14,16H,5,8-10H2,1-3H3. The third kappa shape index (κ3) is 4.58. The summed E-state index contributed by atoms with van der Waals surface area (Å²) < 4.78 is 26.9. The lowest BCUT2D eigenvalue weighted by atomic mass is 10.1. The summed E-state index contributed by atoms with van der Waals surface area (Å²) in [7, 11) is 0.394. The van der Waals surface area contributed by atoms with E-state index in [1.54, 1.807) is 25.1 Å². The van der Waals surface area contributed by atoms with Gasteiger partial charge in [-0.05, 0) is 51.2 Å². The normalized spacial score (nSPS) is 12.1. The lowest BCUT2D eigenvalue weighted by molar-refractivity contribution is 0.280. The Morgan fingerprint density at radius 2 is 2.00 bits per heavy atom. The number of benzene rings is 1. The lowest BCUT2D eigenvalue weighted by Gasteiger charge is -2.13. The lowest BCUT2D eigenvalue weighted by Crippen LogP contribution is -2.28. The van der Waals surface area contributed by atoms with Crippen LogP contribution in [-0.2, 0) is 16.6 Å². The fourth-order valence-corrected chi connectivity index (χ4v) is 3.16. The SMILES string of the molecule is Cc1c(CO)cccc1S(=O)(=O)NCCCN(C)C. The first kappa shape index (κ1) is 16.1. The molecular formula is C13H22N2O3S. The van der Waals surface area contributed by atoms with Gasteiger partial charge in [-0.2, -0.15) is 0 Å². The molecule has 2 N–H and O–H groups in total. The van der Waals surface area contributed by atoms with Gasteiger partial charge in [0, 0.05) is 6.54 Å². The van der Waals surface area contributed by atoms with Crippen molar-refractivity contribution in [1.82, 2.24) is 9.62 Å². The minimum Gasteiger partial charge on any atom is -0.392 e. The van der Waals surface area contributed by atoms with Crippen LogP contribution in [-0.4, -0.2) is 45.6 Å². The molecule has 6 heteroatoms.